The Morgan fingerprint density at radius 3 is 1.59 bits per heavy atom. The molecular formula is C47H48Cl4F2N6O5. The molecule has 0 atom stereocenters. The number of methoxy groups -OCH3 is 2. The molecule has 6 rings (SSSR count). The van der Waals surface area contributed by atoms with Crippen molar-refractivity contribution in [2.75, 3.05) is 32.6 Å². The minimum atomic E-state index is -0.430. The van der Waals surface area contributed by atoms with E-state index in [0.717, 1.165) is 11.3 Å². The summed E-state index contributed by atoms with van der Waals surface area (Å²) in [4.78, 5) is 27.3. The van der Waals surface area contributed by atoms with Crippen LogP contribution in [0.15, 0.2) is 109 Å². The average Bonchev–Trinajstić information content (AvgIpc) is 3.27. The summed E-state index contributed by atoms with van der Waals surface area (Å²) in [6.07, 6.45) is 3.67. The van der Waals surface area contributed by atoms with Gasteiger partial charge in [-0.2, -0.15) is 4.73 Å². The number of urea groups is 2. The van der Waals surface area contributed by atoms with E-state index in [1.165, 1.54) is 20.4 Å². The first-order chi connectivity index (χ1) is 30.8. The van der Waals surface area contributed by atoms with E-state index in [1.54, 1.807) is 98.0 Å². The molecule has 0 aliphatic heterocycles. The maximum absolute atomic E-state index is 15.4. The Bertz CT molecular complexity index is 2480. The number of ether oxygens (including phenoxy) is 2. The van der Waals surface area contributed by atoms with Crippen LogP contribution in [0.1, 0.15) is 47.5 Å². The van der Waals surface area contributed by atoms with Crippen molar-refractivity contribution >= 4 is 58.5 Å². The molecule has 11 nitrogen and oxygen atoms in total. The molecule has 17 heteroatoms. The fourth-order valence-electron chi connectivity index (χ4n) is 6.33. The van der Waals surface area contributed by atoms with Gasteiger partial charge in [0, 0.05) is 53.8 Å². The smallest absolute Gasteiger partial charge is 0.315 e. The summed E-state index contributed by atoms with van der Waals surface area (Å²) in [5.74, 6) is 0.0669. The van der Waals surface area contributed by atoms with Gasteiger partial charge < -0.3 is 35.9 Å². The highest BCUT2D eigenvalue weighted by molar-refractivity contribution is 6.40. The van der Waals surface area contributed by atoms with Gasteiger partial charge in [-0.15, -0.1) is 23.2 Å². The Balaban J connectivity index is 0.000000265. The van der Waals surface area contributed by atoms with Crippen LogP contribution < -0.4 is 35.5 Å². The molecule has 2 heterocycles. The third kappa shape index (κ3) is 14.9. The number of alkyl halides is 2. The van der Waals surface area contributed by atoms with Crippen LogP contribution in [0.25, 0.3) is 22.3 Å². The quantitative estimate of drug-likeness (QED) is 0.0487. The number of hydrogen-bond donors (Lipinski definition) is 4. The van der Waals surface area contributed by atoms with E-state index in [2.05, 4.69) is 26.3 Å². The van der Waals surface area contributed by atoms with Crippen molar-refractivity contribution in [1.29, 1.82) is 0 Å². The molecule has 64 heavy (non-hydrogen) atoms. The van der Waals surface area contributed by atoms with Crippen molar-refractivity contribution in [3.05, 3.63) is 170 Å². The van der Waals surface area contributed by atoms with Crippen LogP contribution in [0, 0.1) is 16.8 Å². The maximum atomic E-state index is 15.4. The van der Waals surface area contributed by atoms with E-state index in [9.17, 15) is 14.8 Å². The van der Waals surface area contributed by atoms with Crippen LogP contribution in [-0.2, 0) is 25.9 Å². The minimum Gasteiger partial charge on any atom is -0.618 e. The van der Waals surface area contributed by atoms with Crippen LogP contribution in [0.3, 0.4) is 0 Å². The van der Waals surface area contributed by atoms with Crippen LogP contribution >= 0.6 is 46.4 Å². The summed E-state index contributed by atoms with van der Waals surface area (Å²) < 4.78 is 42.2. The zero-order valence-corrected chi connectivity index (χ0v) is 38.6. The average molecular weight is 957 g/mol. The number of amides is 4. The second kappa shape index (κ2) is 26.1. The van der Waals surface area contributed by atoms with E-state index < -0.39 is 5.82 Å². The lowest BCUT2D eigenvalue weighted by Crippen LogP contribution is -2.40. The number of nitrogens with zero attached hydrogens (tertiary/aromatic N) is 2. The van der Waals surface area contributed by atoms with Crippen molar-refractivity contribution in [2.24, 2.45) is 0 Å². The molecule has 0 radical (unpaired) electrons. The van der Waals surface area contributed by atoms with Gasteiger partial charge in [0.2, 0.25) is 5.69 Å². The first-order valence-corrected chi connectivity index (χ1v) is 21.7. The molecule has 0 bridgehead atoms. The molecule has 6 aromatic rings. The SMILES string of the molecule is CCNC(=O)NCc1ccc(Cc2ccc(OC)c(-c3cccc(Cl)c3)c2F)c[n+]1[O-].CCNC(=O)NCc1ccc(Cc2ccc(OC)c(-c3cccc(Cl)c3)c2F)cn1.ClCCl. The number of carbonyl (C=O) groups is 2. The van der Waals surface area contributed by atoms with E-state index in [4.69, 9.17) is 55.9 Å². The molecule has 4 aromatic carbocycles. The van der Waals surface area contributed by atoms with Crippen LogP contribution in [0.5, 0.6) is 11.5 Å². The predicted molar refractivity (Wildman–Crippen MR) is 250 cm³/mol. The number of carbonyl (C=O) groups excluding carboxylic acids is 2. The molecule has 0 spiro atoms. The third-order valence-corrected chi connectivity index (χ3v) is 9.77. The number of nitrogens with one attached hydrogen (secondary N) is 4. The molecule has 0 aliphatic carbocycles. The summed E-state index contributed by atoms with van der Waals surface area (Å²) in [6.45, 7) is 5.11. The molecule has 0 unspecified atom stereocenters. The second-order valence-corrected chi connectivity index (χ2v) is 15.3. The second-order valence-electron chi connectivity index (χ2n) is 13.6. The van der Waals surface area contributed by atoms with Gasteiger partial charge >= 0.3 is 12.1 Å². The first kappa shape index (κ1) is 50.8. The summed E-state index contributed by atoms with van der Waals surface area (Å²) >= 11 is 21.7. The van der Waals surface area contributed by atoms with E-state index in [-0.39, 0.29) is 36.2 Å². The van der Waals surface area contributed by atoms with E-state index in [0.29, 0.717) is 97.0 Å². The largest absolute Gasteiger partial charge is 0.618 e. The summed E-state index contributed by atoms with van der Waals surface area (Å²) in [5, 5.41) is 24.1. The van der Waals surface area contributed by atoms with Crippen molar-refractivity contribution < 1.29 is 32.6 Å². The number of rotatable bonds is 14. The van der Waals surface area contributed by atoms with Crippen LogP contribution in [0.4, 0.5) is 18.4 Å². The fourth-order valence-corrected chi connectivity index (χ4v) is 6.71. The molecule has 2 aromatic heterocycles. The van der Waals surface area contributed by atoms with Crippen molar-refractivity contribution in [3.63, 3.8) is 0 Å². The Morgan fingerprint density at radius 1 is 0.672 bits per heavy atom. The van der Waals surface area contributed by atoms with Gasteiger partial charge in [0.25, 0.3) is 0 Å². The maximum Gasteiger partial charge on any atom is 0.315 e. The molecule has 0 saturated heterocycles. The summed E-state index contributed by atoms with van der Waals surface area (Å²) in [6, 6.07) is 27.2. The standard InChI is InChI=1S/C23H23ClFN3O3.C23H23ClFN3O2.CH2Cl2/c1-3-26-23(29)27-13-19-9-7-15(14-28(19)30)11-17-8-10-20(31-2)21(22(17)25)16-5-4-6-18(24)12-16;1-3-26-23(29)28-14-19-9-7-15(13-27-19)11-17-8-10-20(30-2)21(22(17)25)16-5-4-6-18(24)12-16;2-1-3/h4-10,12,14H,3,11,13H2,1-2H3,(H2,26,27,29);4-10,12-13H,3,11,14H2,1-2H3,(H2,26,28,29);1H2. The summed E-state index contributed by atoms with van der Waals surface area (Å²) in [7, 11) is 3.00. The topological polar surface area (TPSA) is 141 Å². The van der Waals surface area contributed by atoms with Gasteiger partial charge in [-0.05, 0) is 90.2 Å². The minimum absolute atomic E-state index is 0.0887. The molecule has 0 aliphatic rings. The lowest BCUT2D eigenvalue weighted by atomic mass is 9.97. The van der Waals surface area contributed by atoms with E-state index in [1.807, 2.05) is 19.1 Å². The zero-order valence-electron chi connectivity index (χ0n) is 35.5. The highest BCUT2D eigenvalue weighted by Crippen LogP contribution is 2.37. The van der Waals surface area contributed by atoms with Crippen molar-refractivity contribution in [1.82, 2.24) is 26.3 Å². The van der Waals surface area contributed by atoms with Gasteiger partial charge in [-0.25, -0.2) is 18.4 Å². The van der Waals surface area contributed by atoms with Gasteiger partial charge in [-0.1, -0.05) is 65.7 Å². The molecule has 4 N–H and O–H groups in total. The molecule has 4 amide bonds. The van der Waals surface area contributed by atoms with Gasteiger partial charge in [-0.3, -0.25) is 4.98 Å². The van der Waals surface area contributed by atoms with Gasteiger partial charge in [0.05, 0.1) is 42.9 Å². The lowest BCUT2D eigenvalue weighted by molar-refractivity contribution is -0.614. The van der Waals surface area contributed by atoms with E-state index >= 15 is 8.78 Å². The molecule has 0 saturated carbocycles. The van der Waals surface area contributed by atoms with Crippen LogP contribution in [0.2, 0.25) is 10.0 Å². The first-order valence-electron chi connectivity index (χ1n) is 19.9. The normalized spacial score (nSPS) is 10.3. The number of benzene rings is 4. The molecule has 338 valence electrons. The fraction of sp³-hybridized carbons (Fsp3) is 0.234. The summed E-state index contributed by atoms with van der Waals surface area (Å²) in [5.41, 5.74) is 5.51. The molecular weight excluding hydrogens is 908 g/mol. The van der Waals surface area contributed by atoms with Crippen LogP contribution in [-0.4, -0.2) is 49.7 Å². The van der Waals surface area contributed by atoms with Crippen molar-refractivity contribution in [3.8, 4) is 33.8 Å². The zero-order chi connectivity index (χ0) is 46.6. The van der Waals surface area contributed by atoms with Crippen molar-refractivity contribution in [2.45, 2.75) is 39.8 Å². The highest BCUT2D eigenvalue weighted by atomic mass is 35.5. The number of pyridine rings is 2. The Labute approximate surface area is 391 Å². The number of halogens is 6. The highest BCUT2D eigenvalue weighted by Gasteiger charge is 2.19. The van der Waals surface area contributed by atoms with Gasteiger partial charge in [0.15, 0.2) is 6.20 Å². The monoisotopic (exact) mass is 954 g/mol. The Kier molecular flexibility index (Phi) is 20.7. The molecule has 0 fully saturated rings. The Hall–Kier alpha value is -5.86. The Morgan fingerprint density at radius 2 is 1.16 bits per heavy atom. The van der Waals surface area contributed by atoms with Gasteiger partial charge in [0.1, 0.15) is 29.7 Å². The predicted octanol–water partition coefficient (Wildman–Crippen LogP) is 10.6. The number of hydrogen-bond acceptors (Lipinski definition) is 6. The third-order valence-electron chi connectivity index (χ3n) is 9.30. The number of aromatic nitrogens is 2. The lowest BCUT2D eigenvalue weighted by Gasteiger charge is -2.14.